The largest absolute Gasteiger partial charge is 0.487 e. The Morgan fingerprint density at radius 2 is 1.86 bits per heavy atom. The summed E-state index contributed by atoms with van der Waals surface area (Å²) in [5, 5.41) is 10.7. The molecular weight excluding hydrogens is 581 g/mol. The van der Waals surface area contributed by atoms with Gasteiger partial charge in [0, 0.05) is 30.1 Å². The molecule has 0 radical (unpaired) electrons. The summed E-state index contributed by atoms with van der Waals surface area (Å²) in [6, 6.07) is 21.5. The zero-order chi connectivity index (χ0) is 30.7. The Labute approximate surface area is 261 Å². The van der Waals surface area contributed by atoms with Crippen LogP contribution >= 0.6 is 11.6 Å². The van der Waals surface area contributed by atoms with E-state index in [9.17, 15) is 9.18 Å². The topological polar surface area (TPSA) is 101 Å². The van der Waals surface area contributed by atoms with Gasteiger partial charge >= 0.3 is 0 Å². The van der Waals surface area contributed by atoms with Crippen molar-refractivity contribution in [1.82, 2.24) is 20.6 Å². The van der Waals surface area contributed by atoms with Crippen LogP contribution in [-0.2, 0) is 17.9 Å². The number of carbonyl (C=O) groups is 1. The predicted octanol–water partition coefficient (Wildman–Crippen LogP) is 7.79. The van der Waals surface area contributed by atoms with Gasteiger partial charge in [0.2, 0.25) is 5.91 Å². The van der Waals surface area contributed by atoms with E-state index < -0.39 is 0 Å². The van der Waals surface area contributed by atoms with E-state index in [4.69, 9.17) is 20.8 Å². The second-order valence-electron chi connectivity index (χ2n) is 10.4. The number of benzene rings is 3. The van der Waals surface area contributed by atoms with Crippen molar-refractivity contribution in [1.29, 1.82) is 0 Å². The number of halogens is 2. The molecule has 44 heavy (non-hydrogen) atoms. The van der Waals surface area contributed by atoms with Crippen molar-refractivity contribution >= 4 is 39.9 Å². The Hall–Kier alpha value is -4.47. The minimum atomic E-state index is -0.309. The lowest BCUT2D eigenvalue weighted by Gasteiger charge is -2.12. The molecule has 8 nitrogen and oxygen atoms in total. The average Bonchev–Trinajstić information content (AvgIpc) is 3.51. The normalized spacial score (nSPS) is 11.1. The molecule has 1 amide bonds. The van der Waals surface area contributed by atoms with Crippen molar-refractivity contribution in [2.75, 3.05) is 18.9 Å². The number of fused-ring (bicyclic) bond motifs is 1. The first-order valence-corrected chi connectivity index (χ1v) is 15.1. The zero-order valence-electron chi connectivity index (χ0n) is 24.5. The SMILES string of the molecule is CNC(=O)CCCCCCNCc1ccc(-c2ccc3ncnc(Nc4ccc(OCc5cccc(F)c5)c(Cl)c4)c3c2)o1. The molecule has 0 aliphatic rings. The summed E-state index contributed by atoms with van der Waals surface area (Å²) in [5.74, 6) is 2.54. The minimum Gasteiger partial charge on any atom is -0.487 e. The quantitative estimate of drug-likeness (QED) is 0.103. The van der Waals surface area contributed by atoms with Crippen LogP contribution < -0.4 is 20.7 Å². The molecule has 228 valence electrons. The van der Waals surface area contributed by atoms with E-state index in [2.05, 4.69) is 25.9 Å². The molecule has 2 heterocycles. The smallest absolute Gasteiger partial charge is 0.219 e. The lowest BCUT2D eigenvalue weighted by Crippen LogP contribution is -2.17. The fourth-order valence-corrected chi connectivity index (χ4v) is 5.02. The highest BCUT2D eigenvalue weighted by Gasteiger charge is 2.11. The van der Waals surface area contributed by atoms with Gasteiger partial charge in [-0.2, -0.15) is 0 Å². The Morgan fingerprint density at radius 3 is 2.70 bits per heavy atom. The van der Waals surface area contributed by atoms with Crippen molar-refractivity contribution < 1.29 is 18.3 Å². The molecule has 2 aromatic heterocycles. The first-order chi connectivity index (χ1) is 21.5. The lowest BCUT2D eigenvalue weighted by atomic mass is 10.1. The van der Waals surface area contributed by atoms with E-state index in [1.165, 1.54) is 18.5 Å². The minimum absolute atomic E-state index is 0.102. The molecule has 0 saturated heterocycles. The van der Waals surface area contributed by atoms with Crippen LogP contribution in [0.25, 0.3) is 22.2 Å². The summed E-state index contributed by atoms with van der Waals surface area (Å²) in [5.41, 5.74) is 3.15. The van der Waals surface area contributed by atoms with Gasteiger partial charge in [0.15, 0.2) is 0 Å². The molecular formula is C34H35ClFN5O3. The molecule has 0 saturated carbocycles. The predicted molar refractivity (Wildman–Crippen MR) is 172 cm³/mol. The Balaban J connectivity index is 1.18. The van der Waals surface area contributed by atoms with Crippen LogP contribution in [0.4, 0.5) is 15.9 Å². The molecule has 5 rings (SSSR count). The van der Waals surface area contributed by atoms with Crippen LogP contribution in [0, 0.1) is 5.82 Å². The maximum atomic E-state index is 13.5. The highest BCUT2D eigenvalue weighted by atomic mass is 35.5. The van der Waals surface area contributed by atoms with Crippen LogP contribution in [0.1, 0.15) is 43.4 Å². The summed E-state index contributed by atoms with van der Waals surface area (Å²) in [6.45, 7) is 1.74. The molecule has 0 bridgehead atoms. The summed E-state index contributed by atoms with van der Waals surface area (Å²) in [7, 11) is 1.67. The number of unbranched alkanes of at least 4 members (excludes halogenated alkanes) is 3. The molecule has 0 fully saturated rings. The van der Waals surface area contributed by atoms with Gasteiger partial charge in [-0.05, 0) is 85.6 Å². The summed E-state index contributed by atoms with van der Waals surface area (Å²) in [4.78, 5) is 20.2. The highest BCUT2D eigenvalue weighted by molar-refractivity contribution is 6.32. The van der Waals surface area contributed by atoms with Crippen LogP contribution in [0.5, 0.6) is 5.75 Å². The van der Waals surface area contributed by atoms with Gasteiger partial charge in [0.1, 0.15) is 41.8 Å². The maximum absolute atomic E-state index is 13.5. The molecule has 5 aromatic rings. The van der Waals surface area contributed by atoms with Gasteiger partial charge in [-0.25, -0.2) is 14.4 Å². The van der Waals surface area contributed by atoms with E-state index >= 15 is 0 Å². The fourth-order valence-electron chi connectivity index (χ4n) is 4.78. The molecule has 0 spiro atoms. The maximum Gasteiger partial charge on any atom is 0.219 e. The third-order valence-corrected chi connectivity index (χ3v) is 7.44. The third-order valence-electron chi connectivity index (χ3n) is 7.14. The van der Waals surface area contributed by atoms with Gasteiger partial charge in [0.05, 0.1) is 17.1 Å². The van der Waals surface area contributed by atoms with Crippen molar-refractivity contribution in [2.24, 2.45) is 0 Å². The molecule has 3 aromatic carbocycles. The van der Waals surface area contributed by atoms with Gasteiger partial charge in [-0.15, -0.1) is 0 Å². The molecule has 3 N–H and O–H groups in total. The van der Waals surface area contributed by atoms with E-state index in [1.54, 1.807) is 31.3 Å². The molecule has 10 heteroatoms. The Kier molecular flexibility index (Phi) is 10.8. The number of hydrogen-bond donors (Lipinski definition) is 3. The van der Waals surface area contributed by atoms with E-state index in [0.29, 0.717) is 35.1 Å². The summed E-state index contributed by atoms with van der Waals surface area (Å²) >= 11 is 6.51. The average molecular weight is 616 g/mol. The van der Waals surface area contributed by atoms with Gasteiger partial charge in [0.25, 0.3) is 0 Å². The highest BCUT2D eigenvalue weighted by Crippen LogP contribution is 2.33. The molecule has 0 aliphatic heterocycles. The lowest BCUT2D eigenvalue weighted by molar-refractivity contribution is -0.120. The second kappa shape index (κ2) is 15.3. The van der Waals surface area contributed by atoms with Crippen LogP contribution in [0.2, 0.25) is 5.02 Å². The number of nitrogens with zero attached hydrogens (tertiary/aromatic N) is 2. The standard InChI is InChI=1S/C34H35ClFN5O3/c1-37-33(42)9-4-2-3-5-16-38-20-27-12-15-31(44-27)24-10-13-30-28(18-24)34(40-22-39-30)41-26-11-14-32(29(35)19-26)43-21-23-7-6-8-25(36)17-23/h6-8,10-15,17-19,22,38H,2-5,9,16,20-21H2,1H3,(H,37,42)(H,39,40,41). The zero-order valence-corrected chi connectivity index (χ0v) is 25.3. The second-order valence-corrected chi connectivity index (χ2v) is 10.8. The monoisotopic (exact) mass is 615 g/mol. The Morgan fingerprint density at radius 1 is 0.977 bits per heavy atom. The van der Waals surface area contributed by atoms with E-state index in [0.717, 1.165) is 65.9 Å². The first-order valence-electron chi connectivity index (χ1n) is 14.7. The number of amides is 1. The van der Waals surface area contributed by atoms with Crippen molar-refractivity contribution in [3.05, 3.63) is 101 Å². The van der Waals surface area contributed by atoms with Gasteiger partial charge in [-0.1, -0.05) is 36.6 Å². The first kappa shape index (κ1) is 31.0. The number of carbonyl (C=O) groups excluding carboxylic acids is 1. The van der Waals surface area contributed by atoms with E-state index in [1.807, 2.05) is 36.4 Å². The number of hydrogen-bond acceptors (Lipinski definition) is 7. The summed E-state index contributed by atoms with van der Waals surface area (Å²) in [6.07, 6.45) is 6.22. The molecule has 0 unspecified atom stereocenters. The number of aromatic nitrogens is 2. The van der Waals surface area contributed by atoms with Crippen molar-refractivity contribution in [2.45, 2.75) is 45.3 Å². The summed E-state index contributed by atoms with van der Waals surface area (Å²) < 4.78 is 25.4. The number of rotatable bonds is 15. The van der Waals surface area contributed by atoms with Gasteiger partial charge < -0.3 is 25.1 Å². The number of nitrogens with one attached hydrogen (secondary N) is 3. The molecule has 0 atom stereocenters. The van der Waals surface area contributed by atoms with Gasteiger partial charge in [-0.3, -0.25) is 4.79 Å². The number of anilines is 2. The van der Waals surface area contributed by atoms with E-state index in [-0.39, 0.29) is 18.3 Å². The van der Waals surface area contributed by atoms with Crippen LogP contribution in [0.15, 0.2) is 83.5 Å². The van der Waals surface area contributed by atoms with Crippen LogP contribution in [0.3, 0.4) is 0 Å². The third kappa shape index (κ3) is 8.55. The fraction of sp³-hybridized carbons (Fsp3) is 0.265. The van der Waals surface area contributed by atoms with Crippen LogP contribution in [-0.4, -0.2) is 29.5 Å². The van der Waals surface area contributed by atoms with Crippen molar-refractivity contribution in [3.8, 4) is 17.1 Å². The number of ether oxygens (including phenoxy) is 1. The number of furan rings is 1. The Bertz CT molecular complexity index is 1710. The van der Waals surface area contributed by atoms with Crippen molar-refractivity contribution in [3.63, 3.8) is 0 Å². The molecule has 0 aliphatic carbocycles.